The minimum Gasteiger partial charge on any atom is -0.465 e. The van der Waals surface area contributed by atoms with Gasteiger partial charge in [-0.2, -0.15) is 0 Å². The van der Waals surface area contributed by atoms with Crippen molar-refractivity contribution < 1.29 is 9.53 Å². The van der Waals surface area contributed by atoms with Crippen LogP contribution in [0.4, 0.5) is 0 Å². The SMILES string of the molecule is CCOC(=O)[C@@H](N)CC(C)CC. The standard InChI is InChI=1S/C9H19NO2/c1-4-7(3)6-8(10)9(11)12-5-2/h7-8H,4-6,10H2,1-3H3/t7?,8-/m0/s1. The van der Waals surface area contributed by atoms with Gasteiger partial charge in [0.25, 0.3) is 0 Å². The minimum absolute atomic E-state index is 0.280. The van der Waals surface area contributed by atoms with Gasteiger partial charge < -0.3 is 10.5 Å². The summed E-state index contributed by atoms with van der Waals surface area (Å²) >= 11 is 0. The van der Waals surface area contributed by atoms with Gasteiger partial charge in [0.1, 0.15) is 6.04 Å². The van der Waals surface area contributed by atoms with Crippen LogP contribution in [0.1, 0.15) is 33.6 Å². The first-order valence-electron chi connectivity index (χ1n) is 4.54. The molecule has 0 aromatic rings. The van der Waals surface area contributed by atoms with E-state index in [-0.39, 0.29) is 5.97 Å². The molecule has 0 aliphatic carbocycles. The lowest BCUT2D eigenvalue weighted by Gasteiger charge is -2.14. The maximum absolute atomic E-state index is 11.0. The van der Waals surface area contributed by atoms with E-state index in [9.17, 15) is 4.79 Å². The number of carbonyl (C=O) groups excluding carboxylic acids is 1. The minimum atomic E-state index is -0.445. The molecule has 72 valence electrons. The van der Waals surface area contributed by atoms with Gasteiger partial charge in [-0.3, -0.25) is 4.79 Å². The van der Waals surface area contributed by atoms with E-state index >= 15 is 0 Å². The van der Waals surface area contributed by atoms with Crippen LogP contribution >= 0.6 is 0 Å². The van der Waals surface area contributed by atoms with Crippen LogP contribution in [0, 0.1) is 5.92 Å². The normalized spacial score (nSPS) is 15.3. The average molecular weight is 173 g/mol. The van der Waals surface area contributed by atoms with Crippen molar-refractivity contribution in [2.45, 2.75) is 39.7 Å². The van der Waals surface area contributed by atoms with Crippen molar-refractivity contribution in [2.24, 2.45) is 11.7 Å². The molecule has 0 spiro atoms. The lowest BCUT2D eigenvalue weighted by molar-refractivity contribution is -0.145. The molecule has 0 heterocycles. The van der Waals surface area contributed by atoms with Gasteiger partial charge in [-0.05, 0) is 19.3 Å². The molecule has 0 radical (unpaired) electrons. The van der Waals surface area contributed by atoms with E-state index < -0.39 is 6.04 Å². The number of carbonyl (C=O) groups is 1. The Hall–Kier alpha value is -0.570. The van der Waals surface area contributed by atoms with Crippen molar-refractivity contribution in [1.82, 2.24) is 0 Å². The van der Waals surface area contributed by atoms with E-state index in [0.29, 0.717) is 12.5 Å². The number of hydrogen-bond donors (Lipinski definition) is 1. The maximum atomic E-state index is 11.0. The third kappa shape index (κ3) is 4.34. The quantitative estimate of drug-likeness (QED) is 0.638. The zero-order chi connectivity index (χ0) is 9.56. The molecule has 0 bridgehead atoms. The highest BCUT2D eigenvalue weighted by Crippen LogP contribution is 2.09. The zero-order valence-electron chi connectivity index (χ0n) is 8.17. The molecule has 0 aromatic heterocycles. The van der Waals surface area contributed by atoms with E-state index in [1.54, 1.807) is 6.92 Å². The molecular formula is C9H19NO2. The number of ether oxygens (including phenoxy) is 1. The summed E-state index contributed by atoms with van der Waals surface area (Å²) in [5.41, 5.74) is 5.61. The topological polar surface area (TPSA) is 52.3 Å². The predicted molar refractivity (Wildman–Crippen MR) is 48.7 cm³/mol. The Morgan fingerprint density at radius 2 is 2.08 bits per heavy atom. The van der Waals surface area contributed by atoms with Crippen molar-refractivity contribution >= 4 is 5.97 Å². The number of hydrogen-bond acceptors (Lipinski definition) is 3. The molecule has 0 saturated heterocycles. The number of esters is 1. The largest absolute Gasteiger partial charge is 0.465 e. The summed E-state index contributed by atoms with van der Waals surface area (Å²) in [5.74, 6) is 0.210. The maximum Gasteiger partial charge on any atom is 0.322 e. The third-order valence-electron chi connectivity index (χ3n) is 1.94. The first kappa shape index (κ1) is 11.4. The fraction of sp³-hybridized carbons (Fsp3) is 0.889. The highest BCUT2D eigenvalue weighted by molar-refractivity contribution is 5.75. The van der Waals surface area contributed by atoms with E-state index in [1.807, 2.05) is 0 Å². The Morgan fingerprint density at radius 1 is 1.50 bits per heavy atom. The van der Waals surface area contributed by atoms with Crippen molar-refractivity contribution in [3.8, 4) is 0 Å². The molecule has 0 amide bonds. The number of nitrogens with two attached hydrogens (primary N) is 1. The highest BCUT2D eigenvalue weighted by Gasteiger charge is 2.16. The molecule has 0 rings (SSSR count). The van der Waals surface area contributed by atoms with Crippen LogP contribution in [0.15, 0.2) is 0 Å². The van der Waals surface area contributed by atoms with Gasteiger partial charge in [0, 0.05) is 0 Å². The molecule has 0 aliphatic heterocycles. The van der Waals surface area contributed by atoms with E-state index in [1.165, 1.54) is 0 Å². The van der Waals surface area contributed by atoms with E-state index in [4.69, 9.17) is 10.5 Å². The van der Waals surface area contributed by atoms with Crippen molar-refractivity contribution in [1.29, 1.82) is 0 Å². The third-order valence-corrected chi connectivity index (χ3v) is 1.94. The molecule has 1 unspecified atom stereocenters. The zero-order valence-corrected chi connectivity index (χ0v) is 8.17. The van der Waals surface area contributed by atoms with E-state index in [0.717, 1.165) is 12.8 Å². The van der Waals surface area contributed by atoms with Crippen molar-refractivity contribution in [3.63, 3.8) is 0 Å². The summed E-state index contributed by atoms with van der Waals surface area (Å²) in [6, 6.07) is -0.445. The Balaban J connectivity index is 3.70. The van der Waals surface area contributed by atoms with Gasteiger partial charge in [0.05, 0.1) is 6.61 Å². The second-order valence-corrected chi connectivity index (χ2v) is 3.11. The molecular weight excluding hydrogens is 154 g/mol. The summed E-state index contributed by atoms with van der Waals surface area (Å²) < 4.78 is 4.79. The molecule has 3 heteroatoms. The summed E-state index contributed by atoms with van der Waals surface area (Å²) in [5, 5.41) is 0. The molecule has 2 N–H and O–H groups in total. The fourth-order valence-electron chi connectivity index (χ4n) is 0.946. The summed E-state index contributed by atoms with van der Waals surface area (Å²) in [4.78, 5) is 11.0. The second-order valence-electron chi connectivity index (χ2n) is 3.11. The Bertz CT molecular complexity index is 136. The summed E-state index contributed by atoms with van der Waals surface area (Å²) in [7, 11) is 0. The molecule has 2 atom stereocenters. The number of rotatable bonds is 5. The fourth-order valence-corrected chi connectivity index (χ4v) is 0.946. The Labute approximate surface area is 74.3 Å². The molecule has 0 aliphatic rings. The van der Waals surface area contributed by atoms with Crippen molar-refractivity contribution in [2.75, 3.05) is 6.61 Å². The lowest BCUT2D eigenvalue weighted by atomic mass is 10.0. The Morgan fingerprint density at radius 3 is 2.50 bits per heavy atom. The molecule has 12 heavy (non-hydrogen) atoms. The van der Waals surface area contributed by atoms with Crippen LogP contribution < -0.4 is 5.73 Å². The van der Waals surface area contributed by atoms with Gasteiger partial charge in [0.2, 0.25) is 0 Å². The molecule has 3 nitrogen and oxygen atoms in total. The van der Waals surface area contributed by atoms with Gasteiger partial charge in [0.15, 0.2) is 0 Å². The van der Waals surface area contributed by atoms with Crippen LogP contribution in [0.25, 0.3) is 0 Å². The summed E-state index contributed by atoms with van der Waals surface area (Å²) in [6.07, 6.45) is 1.77. The second kappa shape index (κ2) is 6.00. The first-order valence-corrected chi connectivity index (χ1v) is 4.54. The highest BCUT2D eigenvalue weighted by atomic mass is 16.5. The van der Waals surface area contributed by atoms with Crippen LogP contribution in [-0.2, 0) is 9.53 Å². The lowest BCUT2D eigenvalue weighted by Crippen LogP contribution is -2.33. The monoisotopic (exact) mass is 173 g/mol. The molecule has 0 fully saturated rings. The molecule has 0 aromatic carbocycles. The smallest absolute Gasteiger partial charge is 0.322 e. The van der Waals surface area contributed by atoms with Gasteiger partial charge >= 0.3 is 5.97 Å². The van der Waals surface area contributed by atoms with Crippen LogP contribution in [0.5, 0.6) is 0 Å². The molecule has 0 saturated carbocycles. The Kier molecular flexibility index (Phi) is 5.72. The predicted octanol–water partition coefficient (Wildman–Crippen LogP) is 1.31. The van der Waals surface area contributed by atoms with Crippen LogP contribution in [-0.4, -0.2) is 18.6 Å². The van der Waals surface area contributed by atoms with Crippen LogP contribution in [0.3, 0.4) is 0 Å². The summed E-state index contributed by atoms with van der Waals surface area (Å²) in [6.45, 7) is 6.36. The average Bonchev–Trinajstić information content (AvgIpc) is 2.04. The van der Waals surface area contributed by atoms with Crippen molar-refractivity contribution in [3.05, 3.63) is 0 Å². The van der Waals surface area contributed by atoms with Crippen LogP contribution in [0.2, 0.25) is 0 Å². The van der Waals surface area contributed by atoms with Gasteiger partial charge in [-0.15, -0.1) is 0 Å². The van der Waals surface area contributed by atoms with E-state index in [2.05, 4.69) is 13.8 Å². The first-order chi connectivity index (χ1) is 5.61. The van der Waals surface area contributed by atoms with Gasteiger partial charge in [-0.1, -0.05) is 20.3 Å². The van der Waals surface area contributed by atoms with Gasteiger partial charge in [-0.25, -0.2) is 0 Å².